The van der Waals surface area contributed by atoms with E-state index in [1.807, 2.05) is 42.5 Å². The van der Waals surface area contributed by atoms with Crippen molar-refractivity contribution in [2.45, 2.75) is 12.7 Å². The number of alkyl halides is 3. The summed E-state index contributed by atoms with van der Waals surface area (Å²) in [7, 11) is 1.23. The fourth-order valence-electron chi connectivity index (χ4n) is 2.35. The fraction of sp³-hybridized carbons (Fsp3) is 0.200. The van der Waals surface area contributed by atoms with Gasteiger partial charge in [0.2, 0.25) is 0 Å². The summed E-state index contributed by atoms with van der Waals surface area (Å²) < 4.78 is 39.6. The second kappa shape index (κ2) is 5.32. The molecular formula is C15H13F3N4. The molecular weight excluding hydrogens is 293 g/mol. The van der Waals surface area contributed by atoms with Crippen LogP contribution in [0.15, 0.2) is 42.5 Å². The van der Waals surface area contributed by atoms with Crippen molar-refractivity contribution in [3.8, 4) is 0 Å². The second-order valence-corrected chi connectivity index (χ2v) is 4.92. The zero-order valence-corrected chi connectivity index (χ0v) is 11.7. The van der Waals surface area contributed by atoms with E-state index in [9.17, 15) is 13.2 Å². The number of hydrogen-bond acceptors (Lipinski definition) is 3. The molecule has 1 aromatic heterocycles. The summed E-state index contributed by atoms with van der Waals surface area (Å²) in [6, 6.07) is 13.4. The third-order valence-electron chi connectivity index (χ3n) is 3.37. The molecule has 2 aromatic carbocycles. The van der Waals surface area contributed by atoms with Gasteiger partial charge >= 0.3 is 6.18 Å². The molecule has 22 heavy (non-hydrogen) atoms. The third kappa shape index (κ3) is 2.74. The van der Waals surface area contributed by atoms with Gasteiger partial charge in [0.1, 0.15) is 5.69 Å². The van der Waals surface area contributed by atoms with Gasteiger partial charge in [0.15, 0.2) is 5.69 Å². The number of rotatable bonds is 3. The van der Waals surface area contributed by atoms with Crippen molar-refractivity contribution in [3.05, 3.63) is 53.9 Å². The predicted octanol–water partition coefficient (Wildman–Crippen LogP) is 3.60. The first-order valence-electron chi connectivity index (χ1n) is 6.63. The average Bonchev–Trinajstić information content (AvgIpc) is 2.86. The molecule has 0 aliphatic rings. The second-order valence-electron chi connectivity index (χ2n) is 4.92. The Balaban J connectivity index is 1.82. The van der Waals surface area contributed by atoms with Crippen LogP contribution in [0, 0.1) is 0 Å². The molecule has 0 saturated carbocycles. The van der Waals surface area contributed by atoms with E-state index in [0.717, 1.165) is 21.1 Å². The molecule has 0 spiro atoms. The number of aryl methyl sites for hydroxylation is 1. The van der Waals surface area contributed by atoms with E-state index in [0.29, 0.717) is 0 Å². The summed E-state index contributed by atoms with van der Waals surface area (Å²) in [5, 5.41) is 12.1. The van der Waals surface area contributed by atoms with Crippen LogP contribution in [0.5, 0.6) is 0 Å². The van der Waals surface area contributed by atoms with Crippen LogP contribution in [0.3, 0.4) is 0 Å². The van der Waals surface area contributed by atoms with Gasteiger partial charge in [-0.05, 0) is 22.9 Å². The van der Waals surface area contributed by atoms with Gasteiger partial charge in [0, 0.05) is 12.7 Å². The molecule has 114 valence electrons. The third-order valence-corrected chi connectivity index (χ3v) is 3.37. The van der Waals surface area contributed by atoms with Crippen LogP contribution < -0.4 is 5.32 Å². The summed E-state index contributed by atoms with van der Waals surface area (Å²) in [6.07, 6.45) is -4.47. The van der Waals surface area contributed by atoms with E-state index < -0.39 is 11.9 Å². The smallest absolute Gasteiger partial charge is 0.379 e. The lowest BCUT2D eigenvalue weighted by Crippen LogP contribution is -2.15. The number of hydrogen-bond donors (Lipinski definition) is 1. The molecule has 3 aromatic rings. The monoisotopic (exact) mass is 306 g/mol. The van der Waals surface area contributed by atoms with E-state index in [1.54, 1.807) is 0 Å². The Labute approximate surface area is 124 Å². The van der Waals surface area contributed by atoms with Crippen molar-refractivity contribution < 1.29 is 13.2 Å². The molecule has 1 N–H and O–H groups in total. The number of benzene rings is 2. The Morgan fingerprint density at radius 1 is 1.09 bits per heavy atom. The molecule has 4 nitrogen and oxygen atoms in total. The number of fused-ring (bicyclic) bond motifs is 1. The van der Waals surface area contributed by atoms with Crippen molar-refractivity contribution in [3.63, 3.8) is 0 Å². The minimum Gasteiger partial charge on any atom is -0.379 e. The zero-order valence-electron chi connectivity index (χ0n) is 11.7. The SMILES string of the molecule is Cn1nnc(CNc2ccc3ccccc3c2)c1C(F)(F)F. The van der Waals surface area contributed by atoms with Crippen LogP contribution in [0.25, 0.3) is 10.8 Å². The van der Waals surface area contributed by atoms with Gasteiger partial charge in [-0.25, -0.2) is 4.68 Å². The lowest BCUT2D eigenvalue weighted by atomic mass is 10.1. The zero-order chi connectivity index (χ0) is 15.7. The Morgan fingerprint density at radius 3 is 2.55 bits per heavy atom. The van der Waals surface area contributed by atoms with Gasteiger partial charge in [-0.2, -0.15) is 13.2 Å². The van der Waals surface area contributed by atoms with Crippen LogP contribution in [0.4, 0.5) is 18.9 Å². The average molecular weight is 306 g/mol. The summed E-state index contributed by atoms with van der Waals surface area (Å²) in [4.78, 5) is 0. The lowest BCUT2D eigenvalue weighted by Gasteiger charge is -2.10. The predicted molar refractivity (Wildman–Crippen MR) is 77.3 cm³/mol. The lowest BCUT2D eigenvalue weighted by molar-refractivity contribution is -0.144. The Hall–Kier alpha value is -2.57. The van der Waals surface area contributed by atoms with Crippen LogP contribution in [-0.2, 0) is 19.8 Å². The molecule has 0 fully saturated rings. The Kier molecular flexibility index (Phi) is 3.48. The van der Waals surface area contributed by atoms with Gasteiger partial charge < -0.3 is 5.32 Å². The number of nitrogens with zero attached hydrogens (tertiary/aromatic N) is 3. The van der Waals surface area contributed by atoms with Crippen molar-refractivity contribution >= 4 is 16.5 Å². The maximum Gasteiger partial charge on any atom is 0.434 e. The molecule has 0 aliphatic heterocycles. The summed E-state index contributed by atoms with van der Waals surface area (Å²) in [5.74, 6) is 0. The van der Waals surface area contributed by atoms with E-state index >= 15 is 0 Å². The van der Waals surface area contributed by atoms with Gasteiger partial charge in [0.05, 0.1) is 6.54 Å². The minimum absolute atomic E-state index is 0.0407. The molecule has 0 amide bonds. The Morgan fingerprint density at radius 2 is 1.82 bits per heavy atom. The van der Waals surface area contributed by atoms with Gasteiger partial charge in [-0.15, -0.1) is 5.10 Å². The van der Waals surface area contributed by atoms with Crippen molar-refractivity contribution in [1.82, 2.24) is 15.0 Å². The van der Waals surface area contributed by atoms with Gasteiger partial charge in [-0.3, -0.25) is 0 Å². The van der Waals surface area contributed by atoms with Gasteiger partial charge in [-0.1, -0.05) is 35.5 Å². The number of anilines is 1. The summed E-state index contributed by atoms with van der Waals surface area (Å²) in [6.45, 7) is -0.0407. The first-order valence-corrected chi connectivity index (χ1v) is 6.63. The van der Waals surface area contributed by atoms with Crippen LogP contribution in [0.1, 0.15) is 11.4 Å². The molecule has 7 heteroatoms. The molecule has 0 bridgehead atoms. The van der Waals surface area contributed by atoms with E-state index in [2.05, 4.69) is 15.6 Å². The molecule has 0 atom stereocenters. The van der Waals surface area contributed by atoms with Crippen molar-refractivity contribution in [2.24, 2.45) is 7.05 Å². The van der Waals surface area contributed by atoms with E-state index in [-0.39, 0.29) is 12.2 Å². The maximum atomic E-state index is 12.9. The summed E-state index contributed by atoms with van der Waals surface area (Å²) in [5.41, 5.74) is -0.221. The number of aromatic nitrogens is 3. The molecule has 3 rings (SSSR count). The van der Waals surface area contributed by atoms with Crippen molar-refractivity contribution in [1.29, 1.82) is 0 Å². The molecule has 1 heterocycles. The van der Waals surface area contributed by atoms with Crippen LogP contribution >= 0.6 is 0 Å². The van der Waals surface area contributed by atoms with Gasteiger partial charge in [0.25, 0.3) is 0 Å². The highest BCUT2D eigenvalue weighted by Gasteiger charge is 2.38. The van der Waals surface area contributed by atoms with Crippen molar-refractivity contribution in [2.75, 3.05) is 5.32 Å². The first-order chi connectivity index (χ1) is 10.4. The normalized spacial score (nSPS) is 11.8. The highest BCUT2D eigenvalue weighted by atomic mass is 19.4. The molecule has 0 saturated heterocycles. The number of halogens is 3. The highest BCUT2D eigenvalue weighted by Crippen LogP contribution is 2.31. The topological polar surface area (TPSA) is 42.7 Å². The minimum atomic E-state index is -4.47. The first kappa shape index (κ1) is 14.4. The molecule has 0 unspecified atom stereocenters. The standard InChI is InChI=1S/C15H13F3N4/c1-22-14(15(16,17)18)13(20-21-22)9-19-12-7-6-10-4-2-3-5-11(10)8-12/h2-8,19H,9H2,1H3. The summed E-state index contributed by atoms with van der Waals surface area (Å²) >= 11 is 0. The van der Waals surface area contributed by atoms with E-state index in [4.69, 9.17) is 0 Å². The van der Waals surface area contributed by atoms with Crippen LogP contribution in [-0.4, -0.2) is 15.0 Å². The largest absolute Gasteiger partial charge is 0.434 e. The Bertz CT molecular complexity index is 808. The van der Waals surface area contributed by atoms with Crippen LogP contribution in [0.2, 0.25) is 0 Å². The quantitative estimate of drug-likeness (QED) is 0.804. The molecule has 0 aliphatic carbocycles. The fourth-order valence-corrected chi connectivity index (χ4v) is 2.35. The molecule has 0 radical (unpaired) electrons. The maximum absolute atomic E-state index is 12.9. The van der Waals surface area contributed by atoms with E-state index in [1.165, 1.54) is 7.05 Å². The number of nitrogens with one attached hydrogen (secondary N) is 1. The highest BCUT2D eigenvalue weighted by molar-refractivity contribution is 5.85.